The largest absolute Gasteiger partial charge is 1.00 e. The summed E-state index contributed by atoms with van der Waals surface area (Å²) >= 11 is 0. The number of hydrogen-bond acceptors (Lipinski definition) is 5. The van der Waals surface area contributed by atoms with Gasteiger partial charge in [-0.3, -0.25) is 4.79 Å². The second-order valence-electron chi connectivity index (χ2n) is 1.72. The molecular weight excluding hydrogens is 161 g/mol. The fraction of sp³-hybridized carbons (Fsp3) is 0.600. The van der Waals surface area contributed by atoms with Crippen molar-refractivity contribution in [2.24, 2.45) is 5.90 Å². The third-order valence-corrected chi connectivity index (χ3v) is 0.893. The van der Waals surface area contributed by atoms with Gasteiger partial charge in [-0.2, -0.15) is 5.90 Å². The second kappa shape index (κ2) is 8.00. The summed E-state index contributed by atoms with van der Waals surface area (Å²) in [5, 5.41) is 9.77. The minimum Gasteiger partial charge on any atom is -0.550 e. The fourth-order valence-electron chi connectivity index (χ4n) is 0.436. The Kier molecular flexibility index (Phi) is 9.81. The Hall–Kier alpha value is -0.100. The molecule has 2 N–H and O–H groups in total. The summed E-state index contributed by atoms with van der Waals surface area (Å²) in [6.07, 6.45) is 0.0813. The molecule has 0 aromatic heterocycles. The number of carbonyl (C=O) groups excluding carboxylic acids is 2. The van der Waals surface area contributed by atoms with Crippen LogP contribution < -0.4 is 40.6 Å². The first-order valence-electron chi connectivity index (χ1n) is 2.76. The smallest absolute Gasteiger partial charge is 0.550 e. The molecule has 0 radical (unpaired) electrons. The van der Waals surface area contributed by atoms with Gasteiger partial charge in [0.2, 0.25) is 0 Å². The van der Waals surface area contributed by atoms with E-state index in [0.717, 1.165) is 0 Å². The molecule has 0 fully saturated rings. The number of carbonyl (C=O) groups is 2. The van der Waals surface area contributed by atoms with E-state index in [1.54, 1.807) is 0 Å². The van der Waals surface area contributed by atoms with Crippen molar-refractivity contribution in [3.8, 4) is 0 Å². The van der Waals surface area contributed by atoms with Crippen molar-refractivity contribution in [1.29, 1.82) is 0 Å². The van der Waals surface area contributed by atoms with Gasteiger partial charge in [-0.1, -0.05) is 0 Å². The van der Waals surface area contributed by atoms with Crippen molar-refractivity contribution in [3.63, 3.8) is 0 Å². The quantitative estimate of drug-likeness (QED) is 0.337. The molecule has 0 atom stereocenters. The predicted molar refractivity (Wildman–Crippen MR) is 29.1 cm³/mol. The third-order valence-electron chi connectivity index (χ3n) is 0.893. The van der Waals surface area contributed by atoms with E-state index in [1.165, 1.54) is 0 Å². The monoisotopic (exact) mass is 169 g/mol. The molecule has 58 valence electrons. The summed E-state index contributed by atoms with van der Waals surface area (Å²) < 4.78 is 0. The zero-order valence-corrected chi connectivity index (χ0v) is 8.33. The van der Waals surface area contributed by atoms with Gasteiger partial charge in [-0.05, 0) is 12.8 Å². The molecule has 6 heteroatoms. The molecule has 0 aromatic rings. The molecule has 0 aliphatic rings. The molecule has 0 heterocycles. The molecule has 11 heavy (non-hydrogen) atoms. The van der Waals surface area contributed by atoms with Gasteiger partial charge in [0.1, 0.15) is 0 Å². The molecule has 0 amide bonds. The number of aliphatic carboxylic acids is 1. The Morgan fingerprint density at radius 1 is 1.36 bits per heavy atom. The van der Waals surface area contributed by atoms with Crippen LogP contribution in [0.15, 0.2) is 0 Å². The summed E-state index contributed by atoms with van der Waals surface area (Å²) in [6, 6.07) is 0. The predicted octanol–water partition coefficient (Wildman–Crippen LogP) is -4.67. The maximum Gasteiger partial charge on any atom is 1.00 e. The van der Waals surface area contributed by atoms with E-state index >= 15 is 0 Å². The third kappa shape index (κ3) is 9.90. The van der Waals surface area contributed by atoms with E-state index in [4.69, 9.17) is 0 Å². The molecule has 0 aliphatic carbocycles. The average Bonchev–Trinajstić information content (AvgIpc) is 1.87. The van der Waals surface area contributed by atoms with Crippen molar-refractivity contribution in [2.45, 2.75) is 19.3 Å². The Bertz CT molecular complexity index is 138. The summed E-state index contributed by atoms with van der Waals surface area (Å²) in [5.74, 6) is 2.69. The standard InChI is InChI=1S/C5H9NO4.Na/c6-10-5(9)3-1-2-4(7)8;/h1-3,6H2,(H,7,8);/q;+1/p-1. The maximum atomic E-state index is 10.2. The van der Waals surface area contributed by atoms with E-state index < -0.39 is 11.9 Å². The number of hydrogen-bond donors (Lipinski definition) is 1. The summed E-state index contributed by atoms with van der Waals surface area (Å²) in [4.78, 5) is 23.8. The van der Waals surface area contributed by atoms with Gasteiger partial charge in [-0.15, -0.1) is 0 Å². The topological polar surface area (TPSA) is 92.5 Å². The van der Waals surface area contributed by atoms with Crippen LogP contribution in [0.5, 0.6) is 0 Å². The van der Waals surface area contributed by atoms with Gasteiger partial charge >= 0.3 is 35.5 Å². The first-order valence-corrected chi connectivity index (χ1v) is 2.76. The first kappa shape index (κ1) is 13.5. The van der Waals surface area contributed by atoms with Crippen LogP contribution in [0.4, 0.5) is 0 Å². The maximum absolute atomic E-state index is 10.2. The van der Waals surface area contributed by atoms with Crippen molar-refractivity contribution in [1.82, 2.24) is 0 Å². The summed E-state index contributed by atoms with van der Waals surface area (Å²) in [7, 11) is 0. The van der Waals surface area contributed by atoms with Gasteiger partial charge in [0.05, 0.1) is 0 Å². The van der Waals surface area contributed by atoms with E-state index in [-0.39, 0.29) is 48.8 Å². The minimum atomic E-state index is -1.18. The van der Waals surface area contributed by atoms with Crippen molar-refractivity contribution < 1.29 is 49.1 Å². The first-order chi connectivity index (χ1) is 4.66. The number of nitrogens with two attached hydrogens (primary N) is 1. The minimum absolute atomic E-state index is 0. The van der Waals surface area contributed by atoms with Gasteiger partial charge in [0, 0.05) is 12.4 Å². The molecule has 0 saturated carbocycles. The van der Waals surface area contributed by atoms with Crippen molar-refractivity contribution in [2.75, 3.05) is 0 Å². The van der Waals surface area contributed by atoms with Gasteiger partial charge in [0.15, 0.2) is 0 Å². The van der Waals surface area contributed by atoms with Crippen LogP contribution >= 0.6 is 0 Å². The summed E-state index contributed by atoms with van der Waals surface area (Å²) in [6.45, 7) is 0. The van der Waals surface area contributed by atoms with E-state index in [1.807, 2.05) is 0 Å². The van der Waals surface area contributed by atoms with Crippen LogP contribution in [0, 0.1) is 0 Å². The molecule has 0 saturated heterocycles. The molecule has 5 nitrogen and oxygen atoms in total. The van der Waals surface area contributed by atoms with Crippen LogP contribution in [-0.2, 0) is 14.4 Å². The second-order valence-corrected chi connectivity index (χ2v) is 1.72. The number of rotatable bonds is 4. The van der Waals surface area contributed by atoms with Gasteiger partial charge in [-0.25, -0.2) is 0 Å². The molecular formula is C5H8NNaO4. The Morgan fingerprint density at radius 2 is 1.91 bits per heavy atom. The molecule has 0 aliphatic heterocycles. The van der Waals surface area contributed by atoms with Gasteiger partial charge in [0.25, 0.3) is 0 Å². The van der Waals surface area contributed by atoms with E-state index in [9.17, 15) is 14.7 Å². The van der Waals surface area contributed by atoms with Crippen molar-refractivity contribution in [3.05, 3.63) is 0 Å². The Labute approximate surface area is 86.1 Å². The number of carboxylic acid groups (broad SMARTS) is 1. The van der Waals surface area contributed by atoms with Crippen LogP contribution in [0.25, 0.3) is 0 Å². The molecule has 0 bridgehead atoms. The average molecular weight is 169 g/mol. The Balaban J connectivity index is 0. The van der Waals surface area contributed by atoms with Crippen LogP contribution in [-0.4, -0.2) is 11.9 Å². The zero-order chi connectivity index (χ0) is 7.98. The van der Waals surface area contributed by atoms with Crippen molar-refractivity contribution >= 4 is 11.9 Å². The van der Waals surface area contributed by atoms with E-state index in [0.29, 0.717) is 0 Å². The van der Waals surface area contributed by atoms with Crippen LogP contribution in [0.3, 0.4) is 0 Å². The number of carboxylic acids is 1. The molecule has 0 aromatic carbocycles. The molecule has 0 spiro atoms. The Morgan fingerprint density at radius 3 is 2.27 bits per heavy atom. The van der Waals surface area contributed by atoms with Crippen LogP contribution in [0.1, 0.15) is 19.3 Å². The van der Waals surface area contributed by atoms with Crippen LogP contribution in [0.2, 0.25) is 0 Å². The van der Waals surface area contributed by atoms with Gasteiger partial charge < -0.3 is 14.7 Å². The fourth-order valence-corrected chi connectivity index (χ4v) is 0.436. The molecule has 0 unspecified atom stereocenters. The normalized spacial score (nSPS) is 8.09. The summed E-state index contributed by atoms with van der Waals surface area (Å²) in [5.41, 5.74) is 0. The van der Waals surface area contributed by atoms with E-state index in [2.05, 4.69) is 10.7 Å². The SMILES string of the molecule is NOC(=O)CCCC(=O)[O-].[Na+]. The zero-order valence-electron chi connectivity index (χ0n) is 6.33. The molecule has 0 rings (SSSR count).